The lowest BCUT2D eigenvalue weighted by atomic mass is 10.0. The summed E-state index contributed by atoms with van der Waals surface area (Å²) in [7, 11) is 0. The van der Waals surface area contributed by atoms with Gasteiger partial charge in [0.25, 0.3) is 0 Å². The van der Waals surface area contributed by atoms with Gasteiger partial charge in [-0.25, -0.2) is 0 Å². The Kier molecular flexibility index (Phi) is 5.08. The normalized spacial score (nSPS) is 20.4. The minimum Gasteiger partial charge on any atom is -0.353 e. The summed E-state index contributed by atoms with van der Waals surface area (Å²) in [6.45, 7) is -0.518. The Morgan fingerprint density at radius 2 is 1.71 bits per heavy atom. The van der Waals surface area contributed by atoms with Crippen molar-refractivity contribution in [1.82, 2.24) is 15.5 Å². The number of halogens is 3. The predicted octanol–water partition coefficient (Wildman–Crippen LogP) is 0.655. The second kappa shape index (κ2) is 6.64. The minimum atomic E-state index is -4.31. The van der Waals surface area contributed by atoms with Gasteiger partial charge in [0.2, 0.25) is 11.8 Å². The SMILES string of the molecule is O=C(NC1CCN(C(=O)CNCC(F)(F)F)CC1)C1CC1. The number of alkyl halides is 3. The zero-order valence-electron chi connectivity index (χ0n) is 11.7. The van der Waals surface area contributed by atoms with Gasteiger partial charge in [0.05, 0.1) is 13.1 Å². The van der Waals surface area contributed by atoms with Crippen LogP contribution in [-0.2, 0) is 9.59 Å². The number of rotatable bonds is 5. The molecule has 5 nitrogen and oxygen atoms in total. The number of amides is 2. The summed E-state index contributed by atoms with van der Waals surface area (Å²) in [6, 6.07) is 0.0743. The quantitative estimate of drug-likeness (QED) is 0.784. The number of carbonyl (C=O) groups excluding carboxylic acids is 2. The van der Waals surface area contributed by atoms with E-state index in [-0.39, 0.29) is 30.3 Å². The molecule has 120 valence electrons. The van der Waals surface area contributed by atoms with E-state index in [1.165, 1.54) is 0 Å². The van der Waals surface area contributed by atoms with Crippen LogP contribution in [0.5, 0.6) is 0 Å². The molecule has 2 N–H and O–H groups in total. The lowest BCUT2D eigenvalue weighted by Gasteiger charge is -2.32. The average Bonchev–Trinajstić information content (AvgIpc) is 3.22. The molecule has 0 unspecified atom stereocenters. The van der Waals surface area contributed by atoms with Crippen LogP contribution in [0.2, 0.25) is 0 Å². The highest BCUT2D eigenvalue weighted by Gasteiger charge is 2.32. The van der Waals surface area contributed by atoms with Gasteiger partial charge in [-0.1, -0.05) is 0 Å². The van der Waals surface area contributed by atoms with E-state index >= 15 is 0 Å². The van der Waals surface area contributed by atoms with Crippen LogP contribution in [0.25, 0.3) is 0 Å². The summed E-state index contributed by atoms with van der Waals surface area (Å²) in [6.07, 6.45) is -1.09. The first-order valence-corrected chi connectivity index (χ1v) is 7.21. The number of nitrogens with zero attached hydrogens (tertiary/aromatic N) is 1. The van der Waals surface area contributed by atoms with E-state index in [9.17, 15) is 22.8 Å². The van der Waals surface area contributed by atoms with Crippen molar-refractivity contribution in [3.63, 3.8) is 0 Å². The Hall–Kier alpha value is -1.31. The fourth-order valence-electron chi connectivity index (χ4n) is 2.36. The van der Waals surface area contributed by atoms with Gasteiger partial charge in [-0.3, -0.25) is 9.59 Å². The molecule has 0 aromatic heterocycles. The molecule has 2 fully saturated rings. The Labute approximate surface area is 121 Å². The van der Waals surface area contributed by atoms with Crippen molar-refractivity contribution in [2.45, 2.75) is 37.9 Å². The molecule has 0 radical (unpaired) electrons. The summed E-state index contributed by atoms with van der Waals surface area (Å²) in [4.78, 5) is 24.9. The third-order valence-corrected chi connectivity index (χ3v) is 3.74. The first kappa shape index (κ1) is 16.1. The van der Waals surface area contributed by atoms with Gasteiger partial charge >= 0.3 is 6.18 Å². The van der Waals surface area contributed by atoms with Crippen molar-refractivity contribution in [2.24, 2.45) is 5.92 Å². The van der Waals surface area contributed by atoms with Gasteiger partial charge in [-0.05, 0) is 25.7 Å². The van der Waals surface area contributed by atoms with Gasteiger partial charge in [0, 0.05) is 25.0 Å². The van der Waals surface area contributed by atoms with E-state index in [2.05, 4.69) is 10.6 Å². The fraction of sp³-hybridized carbons (Fsp3) is 0.846. The molecule has 0 aromatic rings. The van der Waals surface area contributed by atoms with Crippen LogP contribution in [0.15, 0.2) is 0 Å². The van der Waals surface area contributed by atoms with Gasteiger partial charge in [-0.2, -0.15) is 13.2 Å². The van der Waals surface area contributed by atoms with Crippen LogP contribution < -0.4 is 10.6 Å². The first-order chi connectivity index (χ1) is 9.85. The maximum atomic E-state index is 12.0. The van der Waals surface area contributed by atoms with Crippen molar-refractivity contribution >= 4 is 11.8 Å². The van der Waals surface area contributed by atoms with Crippen LogP contribution in [-0.4, -0.2) is 55.1 Å². The molecule has 0 spiro atoms. The summed E-state index contributed by atoms with van der Waals surface area (Å²) in [5.41, 5.74) is 0. The van der Waals surface area contributed by atoms with Crippen LogP contribution >= 0.6 is 0 Å². The molecule has 1 saturated carbocycles. The van der Waals surface area contributed by atoms with Crippen molar-refractivity contribution in [3.05, 3.63) is 0 Å². The Morgan fingerprint density at radius 3 is 2.24 bits per heavy atom. The van der Waals surface area contributed by atoms with Gasteiger partial charge in [-0.15, -0.1) is 0 Å². The number of hydrogen-bond donors (Lipinski definition) is 2. The highest BCUT2D eigenvalue weighted by molar-refractivity contribution is 5.81. The molecule has 1 aliphatic heterocycles. The third kappa shape index (κ3) is 5.53. The topological polar surface area (TPSA) is 61.4 Å². The van der Waals surface area contributed by atoms with Crippen LogP contribution in [0.3, 0.4) is 0 Å². The molecule has 2 aliphatic rings. The average molecular weight is 307 g/mol. The molecule has 8 heteroatoms. The van der Waals surface area contributed by atoms with E-state index in [4.69, 9.17) is 0 Å². The predicted molar refractivity (Wildman–Crippen MR) is 69.4 cm³/mol. The van der Waals surface area contributed by atoms with E-state index in [0.29, 0.717) is 25.9 Å². The van der Waals surface area contributed by atoms with Gasteiger partial charge in [0.15, 0.2) is 0 Å². The Bertz CT molecular complexity index is 389. The molecule has 1 aliphatic carbocycles. The maximum Gasteiger partial charge on any atom is 0.401 e. The molecule has 1 saturated heterocycles. The number of likely N-dealkylation sites (tertiary alicyclic amines) is 1. The van der Waals surface area contributed by atoms with Gasteiger partial charge < -0.3 is 15.5 Å². The number of nitrogens with one attached hydrogen (secondary N) is 2. The monoisotopic (exact) mass is 307 g/mol. The summed E-state index contributed by atoms with van der Waals surface area (Å²) in [5.74, 6) is -0.0749. The maximum absolute atomic E-state index is 12.0. The minimum absolute atomic E-state index is 0.0743. The molecule has 0 bridgehead atoms. The van der Waals surface area contributed by atoms with Crippen LogP contribution in [0.1, 0.15) is 25.7 Å². The first-order valence-electron chi connectivity index (χ1n) is 7.21. The second-order valence-electron chi connectivity index (χ2n) is 5.66. The lowest BCUT2D eigenvalue weighted by molar-refractivity contribution is -0.135. The number of hydrogen-bond acceptors (Lipinski definition) is 3. The smallest absolute Gasteiger partial charge is 0.353 e. The lowest BCUT2D eigenvalue weighted by Crippen LogP contribution is -2.49. The van der Waals surface area contributed by atoms with E-state index in [1.54, 1.807) is 4.90 Å². The Balaban J connectivity index is 1.63. The molecule has 2 amide bonds. The highest BCUT2D eigenvalue weighted by atomic mass is 19.4. The molecular formula is C13H20F3N3O2. The van der Waals surface area contributed by atoms with Crippen LogP contribution in [0, 0.1) is 5.92 Å². The summed E-state index contributed by atoms with van der Waals surface area (Å²) < 4.78 is 35.9. The highest BCUT2D eigenvalue weighted by Crippen LogP contribution is 2.29. The van der Waals surface area contributed by atoms with E-state index in [1.807, 2.05) is 0 Å². The molecule has 0 atom stereocenters. The van der Waals surface area contributed by atoms with Crippen molar-refractivity contribution in [2.75, 3.05) is 26.2 Å². The number of carbonyl (C=O) groups is 2. The molecular weight excluding hydrogens is 287 g/mol. The molecule has 21 heavy (non-hydrogen) atoms. The third-order valence-electron chi connectivity index (χ3n) is 3.74. The standard InChI is InChI=1S/C13H20F3N3O2/c14-13(15,16)8-17-7-11(20)19-5-3-10(4-6-19)18-12(21)9-1-2-9/h9-10,17H,1-8H2,(H,18,21). The van der Waals surface area contributed by atoms with E-state index in [0.717, 1.165) is 12.8 Å². The van der Waals surface area contributed by atoms with E-state index < -0.39 is 12.7 Å². The fourth-order valence-corrected chi connectivity index (χ4v) is 2.36. The van der Waals surface area contributed by atoms with Crippen molar-refractivity contribution in [3.8, 4) is 0 Å². The van der Waals surface area contributed by atoms with Gasteiger partial charge in [0.1, 0.15) is 0 Å². The number of piperidine rings is 1. The second-order valence-corrected chi connectivity index (χ2v) is 5.66. The Morgan fingerprint density at radius 1 is 1.10 bits per heavy atom. The summed E-state index contributed by atoms with van der Waals surface area (Å²) in [5, 5.41) is 5.07. The van der Waals surface area contributed by atoms with Crippen molar-refractivity contribution in [1.29, 1.82) is 0 Å². The molecule has 0 aromatic carbocycles. The molecule has 1 heterocycles. The van der Waals surface area contributed by atoms with Crippen LogP contribution in [0.4, 0.5) is 13.2 Å². The summed E-state index contributed by atoms with van der Waals surface area (Å²) >= 11 is 0. The molecule has 2 rings (SSSR count). The zero-order chi connectivity index (χ0) is 15.5. The zero-order valence-corrected chi connectivity index (χ0v) is 11.7. The largest absolute Gasteiger partial charge is 0.401 e. The van der Waals surface area contributed by atoms with Crippen molar-refractivity contribution < 1.29 is 22.8 Å².